The van der Waals surface area contributed by atoms with Gasteiger partial charge in [-0.05, 0) is 50.9 Å². The van der Waals surface area contributed by atoms with Crippen LogP contribution in [-0.2, 0) is 19.1 Å². The van der Waals surface area contributed by atoms with E-state index in [0.717, 1.165) is 50.9 Å². The fourth-order valence-corrected chi connectivity index (χ4v) is 5.41. The third-order valence-corrected chi connectivity index (χ3v) is 8.88. The summed E-state index contributed by atoms with van der Waals surface area (Å²) in [6.45, 7) is 6.40. The minimum Gasteiger partial charge on any atom is -0.463 e. The molecule has 0 heterocycles. The van der Waals surface area contributed by atoms with E-state index < -0.39 is 12.2 Å². The van der Waals surface area contributed by atoms with E-state index in [1.165, 1.54) is 83.5 Å². The normalized spacial score (nSPS) is 14.1. The number of carbonyl (C=O) groups excluding carboxylic acids is 2. The van der Waals surface area contributed by atoms with Crippen LogP contribution in [-0.4, -0.2) is 47.6 Å². The standard InChI is InChI=1S/C44H76O6/c1-4-6-34-41(45)35-30-26-22-18-14-11-12-16-20-24-28-32-37-44(48)50-39-42(46)38-49-43(47)36-31-27-23-19-15-10-8-7-9-13-17-21-25-29-33-40(3)5-2/h6,11-12,18,20,22,24,26,30,34,40-42,45-46H,4-5,7-10,13-17,19,21,23,25,27-29,31-33,35-39H2,1-3H3/b12-11-,22-18-,24-20-,30-26+,34-6-/t40?,41?,42-/m1/s1. The fraction of sp³-hybridized carbons (Fsp3) is 0.727. The summed E-state index contributed by atoms with van der Waals surface area (Å²) in [6, 6.07) is 0. The number of aliphatic hydroxyl groups is 2. The van der Waals surface area contributed by atoms with E-state index in [0.29, 0.717) is 19.3 Å². The largest absolute Gasteiger partial charge is 0.463 e. The van der Waals surface area contributed by atoms with Crippen LogP contribution in [0.4, 0.5) is 0 Å². The number of carbonyl (C=O) groups is 2. The van der Waals surface area contributed by atoms with Crippen molar-refractivity contribution in [3.8, 4) is 0 Å². The van der Waals surface area contributed by atoms with Gasteiger partial charge in [-0.2, -0.15) is 0 Å². The summed E-state index contributed by atoms with van der Waals surface area (Å²) in [5.74, 6) is 0.242. The molecule has 6 heteroatoms. The molecule has 0 bridgehead atoms. The van der Waals surface area contributed by atoms with Crippen molar-refractivity contribution in [2.45, 2.75) is 187 Å². The van der Waals surface area contributed by atoms with Crippen LogP contribution in [0.2, 0.25) is 0 Å². The number of hydrogen-bond donors (Lipinski definition) is 2. The molecule has 3 atom stereocenters. The van der Waals surface area contributed by atoms with Crippen molar-refractivity contribution in [2.24, 2.45) is 5.92 Å². The molecule has 2 unspecified atom stereocenters. The van der Waals surface area contributed by atoms with E-state index in [1.54, 1.807) is 0 Å². The van der Waals surface area contributed by atoms with Crippen LogP contribution in [0.1, 0.15) is 175 Å². The molecule has 0 aliphatic heterocycles. The zero-order valence-corrected chi connectivity index (χ0v) is 32.4. The lowest BCUT2D eigenvalue weighted by Gasteiger charge is -2.12. The van der Waals surface area contributed by atoms with Crippen LogP contribution < -0.4 is 0 Å². The molecular weight excluding hydrogens is 624 g/mol. The second kappa shape index (κ2) is 37.8. The number of esters is 2. The Kier molecular flexibility index (Phi) is 36.0. The highest BCUT2D eigenvalue weighted by molar-refractivity contribution is 5.69. The molecule has 0 aromatic rings. The van der Waals surface area contributed by atoms with Crippen LogP contribution in [0.15, 0.2) is 60.8 Å². The summed E-state index contributed by atoms with van der Waals surface area (Å²) >= 11 is 0. The molecule has 0 rings (SSSR count). The number of aliphatic hydroxyl groups excluding tert-OH is 2. The first-order valence-corrected chi connectivity index (χ1v) is 20.3. The number of allylic oxidation sites excluding steroid dienone is 8. The quantitative estimate of drug-likeness (QED) is 0.0296. The summed E-state index contributed by atoms with van der Waals surface area (Å²) in [5.41, 5.74) is 0. The predicted molar refractivity (Wildman–Crippen MR) is 211 cm³/mol. The minimum atomic E-state index is -0.999. The van der Waals surface area contributed by atoms with Gasteiger partial charge in [-0.25, -0.2) is 0 Å². The summed E-state index contributed by atoms with van der Waals surface area (Å²) in [7, 11) is 0. The lowest BCUT2D eigenvalue weighted by Crippen LogP contribution is -2.25. The average molecular weight is 701 g/mol. The van der Waals surface area contributed by atoms with Crippen molar-refractivity contribution in [3.05, 3.63) is 60.8 Å². The van der Waals surface area contributed by atoms with Crippen LogP contribution in [0.25, 0.3) is 0 Å². The summed E-state index contributed by atoms with van der Waals surface area (Å²) in [5, 5.41) is 19.7. The molecule has 0 spiro atoms. The van der Waals surface area contributed by atoms with Gasteiger partial charge in [-0.3, -0.25) is 9.59 Å². The van der Waals surface area contributed by atoms with Gasteiger partial charge in [0, 0.05) is 12.8 Å². The maximum Gasteiger partial charge on any atom is 0.305 e. The van der Waals surface area contributed by atoms with E-state index >= 15 is 0 Å². The Morgan fingerprint density at radius 3 is 1.62 bits per heavy atom. The number of rotatable bonds is 35. The SMILES string of the molecule is CC/C=C\C(O)C/C=C/C=C\C/C=C\C/C=C\CCCC(=O)OC[C@H](O)COC(=O)CCCCCCCCCCCCCCCCC(C)CC. The number of ether oxygens (including phenoxy) is 2. The molecule has 0 aliphatic rings. The summed E-state index contributed by atoms with van der Waals surface area (Å²) in [6.07, 6.45) is 44.7. The first-order valence-electron chi connectivity index (χ1n) is 20.3. The lowest BCUT2D eigenvalue weighted by molar-refractivity contribution is -0.152. The van der Waals surface area contributed by atoms with Crippen LogP contribution in [0, 0.1) is 5.92 Å². The molecule has 288 valence electrons. The Labute approximate surface area is 307 Å². The Hall–Kier alpha value is -2.44. The Balaban J connectivity index is 3.56. The Morgan fingerprint density at radius 1 is 0.580 bits per heavy atom. The second-order valence-corrected chi connectivity index (χ2v) is 13.8. The van der Waals surface area contributed by atoms with Crippen LogP contribution >= 0.6 is 0 Å². The van der Waals surface area contributed by atoms with Crippen molar-refractivity contribution in [1.29, 1.82) is 0 Å². The maximum atomic E-state index is 12.0. The zero-order valence-electron chi connectivity index (χ0n) is 32.4. The van der Waals surface area contributed by atoms with Gasteiger partial charge >= 0.3 is 11.9 Å². The molecule has 0 amide bonds. The van der Waals surface area contributed by atoms with Crippen molar-refractivity contribution < 1.29 is 29.3 Å². The van der Waals surface area contributed by atoms with Crippen molar-refractivity contribution in [2.75, 3.05) is 13.2 Å². The Bertz CT molecular complexity index is 917. The average Bonchev–Trinajstić information content (AvgIpc) is 3.11. The van der Waals surface area contributed by atoms with E-state index in [-0.39, 0.29) is 31.6 Å². The minimum absolute atomic E-state index is 0.145. The topological polar surface area (TPSA) is 93.1 Å². The smallest absolute Gasteiger partial charge is 0.305 e. The van der Waals surface area contributed by atoms with Gasteiger partial charge in [0.05, 0.1) is 6.10 Å². The van der Waals surface area contributed by atoms with E-state index in [4.69, 9.17) is 9.47 Å². The highest BCUT2D eigenvalue weighted by atomic mass is 16.6. The van der Waals surface area contributed by atoms with Gasteiger partial charge in [0.2, 0.25) is 0 Å². The van der Waals surface area contributed by atoms with Crippen molar-refractivity contribution in [1.82, 2.24) is 0 Å². The molecule has 6 nitrogen and oxygen atoms in total. The third kappa shape index (κ3) is 36.8. The van der Waals surface area contributed by atoms with Crippen molar-refractivity contribution >= 4 is 11.9 Å². The molecule has 0 saturated carbocycles. The summed E-state index contributed by atoms with van der Waals surface area (Å²) in [4.78, 5) is 23.9. The first-order chi connectivity index (χ1) is 24.4. The zero-order chi connectivity index (χ0) is 36.8. The molecule has 0 aromatic carbocycles. The molecule has 0 aromatic heterocycles. The summed E-state index contributed by atoms with van der Waals surface area (Å²) < 4.78 is 10.3. The van der Waals surface area contributed by atoms with Gasteiger partial charge in [-0.1, -0.05) is 178 Å². The van der Waals surface area contributed by atoms with E-state index in [9.17, 15) is 19.8 Å². The van der Waals surface area contributed by atoms with Crippen LogP contribution in [0.3, 0.4) is 0 Å². The monoisotopic (exact) mass is 701 g/mol. The lowest BCUT2D eigenvalue weighted by atomic mass is 9.99. The number of unbranched alkanes of at least 4 members (excludes halogenated alkanes) is 14. The molecule has 0 fully saturated rings. The first kappa shape index (κ1) is 47.6. The highest BCUT2D eigenvalue weighted by Gasteiger charge is 2.12. The van der Waals surface area contributed by atoms with Crippen molar-refractivity contribution in [3.63, 3.8) is 0 Å². The fourth-order valence-electron chi connectivity index (χ4n) is 5.41. The predicted octanol–water partition coefficient (Wildman–Crippen LogP) is 11.6. The Morgan fingerprint density at radius 2 is 1.06 bits per heavy atom. The molecular formula is C44H76O6. The molecule has 0 saturated heterocycles. The molecule has 0 radical (unpaired) electrons. The van der Waals surface area contributed by atoms with Crippen LogP contribution in [0.5, 0.6) is 0 Å². The van der Waals surface area contributed by atoms with Gasteiger partial charge in [0.25, 0.3) is 0 Å². The second-order valence-electron chi connectivity index (χ2n) is 13.8. The maximum absolute atomic E-state index is 12.0. The molecule has 0 aliphatic carbocycles. The molecule has 50 heavy (non-hydrogen) atoms. The molecule has 2 N–H and O–H groups in total. The van der Waals surface area contributed by atoms with Gasteiger partial charge < -0.3 is 19.7 Å². The van der Waals surface area contributed by atoms with E-state index in [2.05, 4.69) is 44.2 Å². The third-order valence-electron chi connectivity index (χ3n) is 8.88. The van der Waals surface area contributed by atoms with Gasteiger partial charge in [0.1, 0.15) is 19.3 Å². The van der Waals surface area contributed by atoms with Gasteiger partial charge in [0.15, 0.2) is 0 Å². The highest BCUT2D eigenvalue weighted by Crippen LogP contribution is 2.16. The van der Waals surface area contributed by atoms with Gasteiger partial charge in [-0.15, -0.1) is 0 Å². The number of hydrogen-bond acceptors (Lipinski definition) is 6. The van der Waals surface area contributed by atoms with E-state index in [1.807, 2.05) is 37.3 Å².